The molecule has 0 aliphatic carbocycles. The Morgan fingerprint density at radius 3 is 2.85 bits per heavy atom. The molecule has 1 aliphatic rings. The minimum absolute atomic E-state index is 0.186. The lowest BCUT2D eigenvalue weighted by Crippen LogP contribution is -2.47. The number of nitrogens with zero attached hydrogens (tertiary/aromatic N) is 5. The predicted molar refractivity (Wildman–Crippen MR) is 100 cm³/mol. The predicted octanol–water partition coefficient (Wildman–Crippen LogP) is 2.05. The van der Waals surface area contributed by atoms with E-state index in [1.165, 1.54) is 0 Å². The van der Waals surface area contributed by atoms with Crippen LogP contribution in [0.4, 0.5) is 0 Å². The van der Waals surface area contributed by atoms with Gasteiger partial charge in [0.15, 0.2) is 11.4 Å². The molecule has 0 aromatic carbocycles. The summed E-state index contributed by atoms with van der Waals surface area (Å²) in [5, 5.41) is 8.70. The van der Waals surface area contributed by atoms with Gasteiger partial charge in [0.2, 0.25) is 5.91 Å². The van der Waals surface area contributed by atoms with Gasteiger partial charge < -0.3 is 10.3 Å². The first-order valence-electron chi connectivity index (χ1n) is 9.26. The monoisotopic (exact) mass is 368 g/mol. The molecule has 0 radical (unpaired) electrons. The van der Waals surface area contributed by atoms with E-state index >= 15 is 0 Å². The van der Waals surface area contributed by atoms with Gasteiger partial charge in [-0.15, -0.1) is 0 Å². The van der Waals surface area contributed by atoms with E-state index < -0.39 is 0 Å². The van der Waals surface area contributed by atoms with E-state index in [0.29, 0.717) is 5.76 Å². The summed E-state index contributed by atoms with van der Waals surface area (Å²) in [7, 11) is 0. The van der Waals surface area contributed by atoms with Crippen LogP contribution in [0.5, 0.6) is 0 Å². The standard InChI is InChI=1S/C19H24N6O2/c1-11-8-17-21-9-15(16-7-12(2)23-27-16)18(25(17)22-11)14-5-4-6-24(10-14)13(3)19(20)26/h7-9,13-14H,4-6,10H2,1-3H3,(H2,20,26). The third-order valence-corrected chi connectivity index (χ3v) is 5.34. The molecule has 1 aliphatic heterocycles. The first-order chi connectivity index (χ1) is 12.9. The minimum atomic E-state index is -0.295. The molecule has 3 aromatic rings. The number of fused-ring (bicyclic) bond motifs is 1. The minimum Gasteiger partial charge on any atom is -0.368 e. The van der Waals surface area contributed by atoms with E-state index in [4.69, 9.17) is 10.3 Å². The average molecular weight is 368 g/mol. The molecule has 2 N–H and O–H groups in total. The Morgan fingerprint density at radius 2 is 2.15 bits per heavy atom. The van der Waals surface area contributed by atoms with Crippen LogP contribution in [0.1, 0.15) is 42.8 Å². The van der Waals surface area contributed by atoms with E-state index in [1.807, 2.05) is 43.6 Å². The number of rotatable bonds is 4. The topological polar surface area (TPSA) is 103 Å². The number of primary amides is 1. The van der Waals surface area contributed by atoms with Crippen molar-refractivity contribution in [2.45, 2.75) is 45.6 Å². The quantitative estimate of drug-likeness (QED) is 0.756. The molecule has 4 rings (SSSR count). The van der Waals surface area contributed by atoms with Crippen molar-refractivity contribution in [1.82, 2.24) is 24.7 Å². The molecule has 0 spiro atoms. The van der Waals surface area contributed by atoms with Gasteiger partial charge in [-0.3, -0.25) is 9.69 Å². The van der Waals surface area contributed by atoms with Crippen LogP contribution >= 0.6 is 0 Å². The van der Waals surface area contributed by atoms with E-state index in [9.17, 15) is 4.79 Å². The van der Waals surface area contributed by atoms with Crippen molar-refractivity contribution in [3.63, 3.8) is 0 Å². The molecule has 1 amide bonds. The normalized spacial score (nSPS) is 19.4. The third-order valence-electron chi connectivity index (χ3n) is 5.34. The van der Waals surface area contributed by atoms with E-state index in [1.54, 1.807) is 0 Å². The van der Waals surface area contributed by atoms with Crippen LogP contribution in [0.15, 0.2) is 22.9 Å². The summed E-state index contributed by atoms with van der Waals surface area (Å²) in [6.45, 7) is 7.32. The second-order valence-corrected chi connectivity index (χ2v) is 7.36. The van der Waals surface area contributed by atoms with Crippen molar-refractivity contribution in [1.29, 1.82) is 0 Å². The van der Waals surface area contributed by atoms with E-state index in [2.05, 4.69) is 20.1 Å². The van der Waals surface area contributed by atoms with Crippen molar-refractivity contribution in [3.8, 4) is 11.3 Å². The number of piperidine rings is 1. The summed E-state index contributed by atoms with van der Waals surface area (Å²) in [5.74, 6) is 0.576. The Bertz CT molecular complexity index is 991. The number of carbonyl (C=O) groups excluding carboxylic acids is 1. The summed E-state index contributed by atoms with van der Waals surface area (Å²) in [6.07, 6.45) is 3.82. The number of hydrogen-bond donors (Lipinski definition) is 1. The van der Waals surface area contributed by atoms with Crippen LogP contribution in [0.3, 0.4) is 0 Å². The fourth-order valence-corrected chi connectivity index (χ4v) is 3.90. The number of nitrogens with two attached hydrogens (primary N) is 1. The SMILES string of the molecule is Cc1cc(-c2cnc3cc(C)nn3c2C2CCCN(C(C)C(N)=O)C2)on1. The van der Waals surface area contributed by atoms with Crippen LogP contribution in [-0.2, 0) is 4.79 Å². The smallest absolute Gasteiger partial charge is 0.234 e. The number of aromatic nitrogens is 4. The van der Waals surface area contributed by atoms with Crippen LogP contribution < -0.4 is 5.73 Å². The lowest BCUT2D eigenvalue weighted by Gasteiger charge is -2.36. The van der Waals surface area contributed by atoms with Crippen molar-refractivity contribution < 1.29 is 9.32 Å². The molecule has 3 aromatic heterocycles. The van der Waals surface area contributed by atoms with Gasteiger partial charge in [-0.2, -0.15) is 5.10 Å². The Hall–Kier alpha value is -2.74. The zero-order valence-electron chi connectivity index (χ0n) is 15.8. The van der Waals surface area contributed by atoms with Gasteiger partial charge in [0.1, 0.15) is 0 Å². The molecule has 2 unspecified atom stereocenters. The fourth-order valence-electron chi connectivity index (χ4n) is 3.90. The molecular weight excluding hydrogens is 344 g/mol. The maximum absolute atomic E-state index is 11.7. The van der Waals surface area contributed by atoms with Crippen molar-refractivity contribution >= 4 is 11.6 Å². The Labute approximate surface area is 157 Å². The number of amides is 1. The van der Waals surface area contributed by atoms with Crippen LogP contribution in [-0.4, -0.2) is 49.7 Å². The molecule has 1 saturated heterocycles. The molecule has 8 heteroatoms. The molecule has 2 atom stereocenters. The summed E-state index contributed by atoms with van der Waals surface area (Å²) < 4.78 is 7.44. The highest BCUT2D eigenvalue weighted by Gasteiger charge is 2.31. The zero-order chi connectivity index (χ0) is 19.1. The summed E-state index contributed by atoms with van der Waals surface area (Å²) in [5.41, 5.74) is 10.0. The number of carbonyl (C=O) groups is 1. The molecular formula is C19H24N6O2. The summed E-state index contributed by atoms with van der Waals surface area (Å²) in [4.78, 5) is 18.4. The lowest BCUT2D eigenvalue weighted by molar-refractivity contribution is -0.123. The highest BCUT2D eigenvalue weighted by molar-refractivity contribution is 5.79. The molecule has 27 heavy (non-hydrogen) atoms. The first kappa shape index (κ1) is 17.7. The van der Waals surface area contributed by atoms with Crippen LogP contribution in [0, 0.1) is 13.8 Å². The third kappa shape index (κ3) is 3.21. The highest BCUT2D eigenvalue weighted by Crippen LogP contribution is 2.35. The molecule has 142 valence electrons. The second-order valence-electron chi connectivity index (χ2n) is 7.36. The second kappa shape index (κ2) is 6.77. The van der Waals surface area contributed by atoms with Gasteiger partial charge in [0, 0.05) is 30.8 Å². The van der Waals surface area contributed by atoms with Crippen LogP contribution in [0.25, 0.3) is 17.0 Å². The lowest BCUT2D eigenvalue weighted by atomic mass is 9.90. The van der Waals surface area contributed by atoms with Gasteiger partial charge in [-0.25, -0.2) is 9.50 Å². The van der Waals surface area contributed by atoms with Crippen molar-refractivity contribution in [3.05, 3.63) is 35.4 Å². The maximum atomic E-state index is 11.7. The number of hydrogen-bond acceptors (Lipinski definition) is 6. The molecule has 0 bridgehead atoms. The number of aryl methyl sites for hydroxylation is 2. The molecule has 4 heterocycles. The Balaban J connectivity index is 1.82. The summed E-state index contributed by atoms with van der Waals surface area (Å²) >= 11 is 0. The zero-order valence-corrected chi connectivity index (χ0v) is 15.8. The van der Waals surface area contributed by atoms with Gasteiger partial charge in [0.25, 0.3) is 0 Å². The van der Waals surface area contributed by atoms with Gasteiger partial charge in [-0.1, -0.05) is 5.16 Å². The Kier molecular flexibility index (Phi) is 4.43. The van der Waals surface area contributed by atoms with Gasteiger partial charge in [0.05, 0.1) is 28.7 Å². The highest BCUT2D eigenvalue weighted by atomic mass is 16.5. The van der Waals surface area contributed by atoms with Gasteiger partial charge in [-0.05, 0) is 40.2 Å². The maximum Gasteiger partial charge on any atom is 0.234 e. The van der Waals surface area contributed by atoms with Crippen molar-refractivity contribution in [2.75, 3.05) is 13.1 Å². The largest absolute Gasteiger partial charge is 0.368 e. The molecule has 0 saturated carbocycles. The Morgan fingerprint density at radius 1 is 1.33 bits per heavy atom. The fraction of sp³-hybridized carbons (Fsp3) is 0.474. The average Bonchev–Trinajstić information content (AvgIpc) is 3.24. The van der Waals surface area contributed by atoms with Crippen molar-refractivity contribution in [2.24, 2.45) is 5.73 Å². The molecule has 8 nitrogen and oxygen atoms in total. The van der Waals surface area contributed by atoms with E-state index in [0.717, 1.165) is 54.2 Å². The van der Waals surface area contributed by atoms with Crippen LogP contribution in [0.2, 0.25) is 0 Å². The molecule has 1 fully saturated rings. The van der Waals surface area contributed by atoms with Gasteiger partial charge >= 0.3 is 0 Å². The summed E-state index contributed by atoms with van der Waals surface area (Å²) in [6, 6.07) is 3.58. The van der Waals surface area contributed by atoms with E-state index in [-0.39, 0.29) is 17.9 Å². The number of likely N-dealkylation sites (tertiary alicyclic amines) is 1. The first-order valence-corrected chi connectivity index (χ1v) is 9.26.